The summed E-state index contributed by atoms with van der Waals surface area (Å²) in [4.78, 5) is 22.4. The van der Waals surface area contributed by atoms with Gasteiger partial charge >= 0.3 is 6.03 Å². The molecule has 0 unspecified atom stereocenters. The molecule has 2 rings (SSSR count). The molecule has 8 heteroatoms. The molecule has 0 saturated heterocycles. The van der Waals surface area contributed by atoms with Crippen LogP contribution in [-0.4, -0.2) is 11.9 Å². The number of rotatable bonds is 5. The van der Waals surface area contributed by atoms with E-state index in [4.69, 9.17) is 15.7 Å². The number of urea groups is 1. The topological polar surface area (TPSA) is 105 Å². The van der Waals surface area contributed by atoms with Crippen molar-refractivity contribution in [2.24, 2.45) is 5.73 Å². The Hall–Kier alpha value is -2.13. The fourth-order valence-corrected chi connectivity index (χ4v) is 3.01. The second kappa shape index (κ2) is 9.54. The van der Waals surface area contributed by atoms with Crippen molar-refractivity contribution in [3.8, 4) is 11.8 Å². The van der Waals surface area contributed by atoms with Gasteiger partial charge in [-0.15, -0.1) is 0 Å². The van der Waals surface area contributed by atoms with Gasteiger partial charge in [0.2, 0.25) is 0 Å². The molecule has 2 aromatic rings. The van der Waals surface area contributed by atoms with Crippen LogP contribution < -0.4 is 15.8 Å². The number of hydrogen-bond donors (Lipinski definition) is 2. The predicted octanol–water partition coefficient (Wildman–Crippen LogP) is 3.58. The van der Waals surface area contributed by atoms with Crippen molar-refractivity contribution in [1.82, 2.24) is 5.32 Å². The molecule has 132 valence electrons. The Labute approximate surface area is 177 Å². The molecule has 3 amide bonds. The number of nitrogens with one attached hydrogen (secondary N) is 1. The number of nitrogens with zero attached hydrogens (tertiary/aromatic N) is 1. The summed E-state index contributed by atoms with van der Waals surface area (Å²) in [5, 5.41) is 10.9. The number of carbonyl (C=O) groups is 2. The predicted molar refractivity (Wildman–Crippen MR) is 114 cm³/mol. The van der Waals surface area contributed by atoms with Gasteiger partial charge in [0.05, 0.1) is 3.57 Å². The van der Waals surface area contributed by atoms with Crippen LogP contribution in [0.25, 0.3) is 6.08 Å². The van der Waals surface area contributed by atoms with Gasteiger partial charge in [0.15, 0.2) is 0 Å². The van der Waals surface area contributed by atoms with Crippen LogP contribution in [-0.2, 0) is 11.4 Å². The number of amides is 3. The normalized spacial score (nSPS) is 10.7. The minimum atomic E-state index is -1.01. The Morgan fingerprint density at radius 3 is 2.46 bits per heavy atom. The number of halogens is 2. The number of carbonyl (C=O) groups excluding carboxylic acids is 2. The molecule has 0 saturated carbocycles. The second-order valence-electron chi connectivity index (χ2n) is 5.09. The van der Waals surface area contributed by atoms with Crippen LogP contribution in [0.4, 0.5) is 4.79 Å². The number of nitrogens with two attached hydrogens (primary N) is 1. The lowest BCUT2D eigenvalue weighted by molar-refractivity contribution is -0.115. The van der Waals surface area contributed by atoms with E-state index in [1.54, 1.807) is 24.3 Å². The molecular weight excluding hydrogens is 560 g/mol. The summed E-state index contributed by atoms with van der Waals surface area (Å²) in [6, 6.07) is 14.0. The van der Waals surface area contributed by atoms with Crippen LogP contribution >= 0.6 is 45.2 Å². The Kier molecular flexibility index (Phi) is 7.40. The molecule has 0 aromatic heterocycles. The molecule has 0 atom stereocenters. The molecule has 0 bridgehead atoms. The highest BCUT2D eigenvalue weighted by atomic mass is 127. The molecule has 3 N–H and O–H groups in total. The Morgan fingerprint density at radius 2 is 1.88 bits per heavy atom. The van der Waals surface area contributed by atoms with Gasteiger partial charge in [-0.1, -0.05) is 18.2 Å². The minimum Gasteiger partial charge on any atom is -0.488 e. The third-order valence-corrected chi connectivity index (χ3v) is 4.74. The average molecular weight is 573 g/mol. The van der Waals surface area contributed by atoms with Crippen LogP contribution in [0.5, 0.6) is 5.75 Å². The maximum Gasteiger partial charge on any atom is 0.319 e. The zero-order valence-corrected chi connectivity index (χ0v) is 17.6. The molecular formula is C18H13I2N3O3. The highest BCUT2D eigenvalue weighted by Crippen LogP contribution is 2.24. The fraction of sp³-hybridized carbons (Fsp3) is 0.0556. The average Bonchev–Trinajstić information content (AvgIpc) is 2.59. The van der Waals surface area contributed by atoms with Crippen molar-refractivity contribution in [2.75, 3.05) is 0 Å². The molecule has 0 fully saturated rings. The van der Waals surface area contributed by atoms with E-state index < -0.39 is 11.9 Å². The lowest BCUT2D eigenvalue weighted by Crippen LogP contribution is -2.35. The quantitative estimate of drug-likeness (QED) is 0.324. The van der Waals surface area contributed by atoms with Crippen molar-refractivity contribution in [3.05, 3.63) is 66.3 Å². The van der Waals surface area contributed by atoms with Crippen LogP contribution in [0.2, 0.25) is 0 Å². The molecule has 0 aliphatic carbocycles. The van der Waals surface area contributed by atoms with Crippen molar-refractivity contribution < 1.29 is 14.3 Å². The zero-order chi connectivity index (χ0) is 19.1. The summed E-state index contributed by atoms with van der Waals surface area (Å²) in [6.07, 6.45) is 1.38. The van der Waals surface area contributed by atoms with Crippen molar-refractivity contribution in [1.29, 1.82) is 5.26 Å². The molecule has 0 radical (unpaired) electrons. The van der Waals surface area contributed by atoms with Gasteiger partial charge in [-0.2, -0.15) is 5.26 Å². The lowest BCUT2D eigenvalue weighted by Gasteiger charge is -2.09. The number of primary amides is 1. The standard InChI is InChI=1S/C18H13I2N3O3/c19-14-4-1-11(2-5-14)10-26-16-6-3-12(8-15(16)20)7-13(9-21)17(24)23-18(22)25/h1-8H,10H2,(H3,22,23,24,25)/b13-7-. The number of ether oxygens (including phenoxy) is 1. The first kappa shape index (κ1) is 20.2. The molecule has 2 aromatic carbocycles. The number of nitriles is 1. The van der Waals surface area contributed by atoms with Gasteiger partial charge in [-0.3, -0.25) is 10.1 Å². The van der Waals surface area contributed by atoms with Crippen LogP contribution in [0.1, 0.15) is 11.1 Å². The fourth-order valence-electron chi connectivity index (χ4n) is 1.96. The molecule has 0 aliphatic rings. The summed E-state index contributed by atoms with van der Waals surface area (Å²) in [6.45, 7) is 0.437. The van der Waals surface area contributed by atoms with E-state index in [2.05, 4.69) is 45.2 Å². The second-order valence-corrected chi connectivity index (χ2v) is 7.50. The Bertz CT molecular complexity index is 903. The van der Waals surface area contributed by atoms with Gasteiger partial charge in [-0.25, -0.2) is 4.79 Å². The highest BCUT2D eigenvalue weighted by molar-refractivity contribution is 14.1. The molecule has 26 heavy (non-hydrogen) atoms. The van der Waals surface area contributed by atoms with E-state index in [-0.39, 0.29) is 5.57 Å². The smallest absolute Gasteiger partial charge is 0.319 e. The summed E-state index contributed by atoms with van der Waals surface area (Å²) in [5.41, 5.74) is 6.36. The molecule has 0 aliphatic heterocycles. The van der Waals surface area contributed by atoms with Gasteiger partial charge in [0, 0.05) is 3.57 Å². The van der Waals surface area contributed by atoms with Crippen molar-refractivity contribution in [2.45, 2.75) is 6.61 Å². The van der Waals surface area contributed by atoms with E-state index in [1.165, 1.54) is 6.08 Å². The first-order valence-corrected chi connectivity index (χ1v) is 9.44. The van der Waals surface area contributed by atoms with E-state index in [9.17, 15) is 9.59 Å². The summed E-state index contributed by atoms with van der Waals surface area (Å²) < 4.78 is 7.80. The van der Waals surface area contributed by atoms with Crippen molar-refractivity contribution >= 4 is 63.2 Å². The number of imide groups is 1. The van der Waals surface area contributed by atoms with Crippen LogP contribution in [0.15, 0.2) is 48.0 Å². The third-order valence-electron chi connectivity index (χ3n) is 3.18. The molecule has 0 spiro atoms. The minimum absolute atomic E-state index is 0.216. The number of hydrogen-bond acceptors (Lipinski definition) is 4. The molecule has 0 heterocycles. The largest absolute Gasteiger partial charge is 0.488 e. The SMILES string of the molecule is N#C/C(=C/c1ccc(OCc2ccc(I)cc2)c(I)c1)C(=O)NC(N)=O. The Morgan fingerprint density at radius 1 is 1.19 bits per heavy atom. The lowest BCUT2D eigenvalue weighted by atomic mass is 10.1. The van der Waals surface area contributed by atoms with Gasteiger partial charge in [0.1, 0.15) is 24.0 Å². The summed E-state index contributed by atoms with van der Waals surface area (Å²) >= 11 is 4.36. The summed E-state index contributed by atoms with van der Waals surface area (Å²) in [7, 11) is 0. The molecule has 6 nitrogen and oxygen atoms in total. The first-order chi connectivity index (χ1) is 12.4. The zero-order valence-electron chi connectivity index (χ0n) is 13.3. The van der Waals surface area contributed by atoms with Crippen LogP contribution in [0, 0.1) is 18.5 Å². The van der Waals surface area contributed by atoms with Gasteiger partial charge in [-0.05, 0) is 86.7 Å². The summed E-state index contributed by atoms with van der Waals surface area (Å²) in [5.74, 6) is -0.143. The monoisotopic (exact) mass is 573 g/mol. The van der Waals surface area contributed by atoms with Crippen molar-refractivity contribution in [3.63, 3.8) is 0 Å². The number of benzene rings is 2. The highest BCUT2D eigenvalue weighted by Gasteiger charge is 2.11. The van der Waals surface area contributed by atoms with E-state index in [0.717, 1.165) is 12.7 Å². The van der Waals surface area contributed by atoms with Gasteiger partial charge in [0.25, 0.3) is 5.91 Å². The van der Waals surface area contributed by atoms with Gasteiger partial charge < -0.3 is 10.5 Å². The third kappa shape index (κ3) is 5.99. The maximum atomic E-state index is 11.7. The van der Waals surface area contributed by atoms with Crippen LogP contribution in [0.3, 0.4) is 0 Å². The van der Waals surface area contributed by atoms with E-state index in [0.29, 0.717) is 17.9 Å². The van der Waals surface area contributed by atoms with E-state index >= 15 is 0 Å². The first-order valence-electron chi connectivity index (χ1n) is 7.28. The Balaban J connectivity index is 2.11. The van der Waals surface area contributed by atoms with E-state index in [1.807, 2.05) is 29.6 Å². The maximum absolute atomic E-state index is 11.7.